The predicted octanol–water partition coefficient (Wildman–Crippen LogP) is 1.79. The monoisotopic (exact) mass is 504 g/mol. The van der Waals surface area contributed by atoms with E-state index in [0.29, 0.717) is 23.8 Å². The second kappa shape index (κ2) is 12.0. The van der Waals surface area contributed by atoms with Crippen molar-refractivity contribution >= 4 is 23.4 Å². The molecule has 0 spiro atoms. The number of aliphatic hydroxyl groups excluding tert-OH is 1. The molecule has 0 aliphatic heterocycles. The van der Waals surface area contributed by atoms with Crippen LogP contribution in [0.25, 0.3) is 0 Å². The highest BCUT2D eigenvalue weighted by molar-refractivity contribution is 5.97. The molecule has 2 aliphatic rings. The first-order chi connectivity index (χ1) is 17.8. The van der Waals surface area contributed by atoms with E-state index in [4.69, 9.17) is 5.21 Å². The molecule has 4 rings (SSSR count). The summed E-state index contributed by atoms with van der Waals surface area (Å²) < 4.78 is 0. The quantitative estimate of drug-likeness (QED) is 0.184. The van der Waals surface area contributed by atoms with E-state index in [-0.39, 0.29) is 11.5 Å². The third kappa shape index (κ3) is 6.95. The lowest BCUT2D eigenvalue weighted by Crippen LogP contribution is -2.51. The van der Waals surface area contributed by atoms with Gasteiger partial charge in [0, 0.05) is 28.4 Å². The molecule has 0 heterocycles. The highest BCUT2D eigenvalue weighted by Gasteiger charge is 2.39. The highest BCUT2D eigenvalue weighted by atomic mass is 16.5. The van der Waals surface area contributed by atoms with Gasteiger partial charge in [-0.05, 0) is 86.6 Å². The summed E-state index contributed by atoms with van der Waals surface area (Å²) in [6.07, 6.45) is 3.92. The zero-order valence-corrected chi connectivity index (χ0v) is 20.7. The number of hydrogen-bond donors (Lipinski definition) is 6. The Balaban J connectivity index is 1.26. The fourth-order valence-corrected chi connectivity index (χ4v) is 5.11. The number of anilines is 1. The molecule has 1 unspecified atom stereocenters. The molecule has 9 heteroatoms. The first kappa shape index (κ1) is 26.4. The fourth-order valence-electron chi connectivity index (χ4n) is 5.11. The summed E-state index contributed by atoms with van der Waals surface area (Å²) in [5.41, 5.74) is 3.87. The van der Waals surface area contributed by atoms with Crippen molar-refractivity contribution in [3.05, 3.63) is 65.2 Å². The van der Waals surface area contributed by atoms with Crippen LogP contribution in [-0.4, -0.2) is 52.8 Å². The number of fused-ring (bicyclic) bond motifs is 2. The lowest BCUT2D eigenvalue weighted by Gasteiger charge is -2.22. The maximum absolute atomic E-state index is 12.4. The van der Waals surface area contributed by atoms with E-state index in [1.807, 2.05) is 24.3 Å². The zero-order chi connectivity index (χ0) is 26.4. The van der Waals surface area contributed by atoms with E-state index in [0.717, 1.165) is 17.4 Å². The largest absolute Gasteiger partial charge is 0.391 e. The van der Waals surface area contributed by atoms with Crippen LogP contribution in [-0.2, 0) is 9.59 Å². The van der Waals surface area contributed by atoms with Crippen molar-refractivity contribution in [3.8, 4) is 11.8 Å². The van der Waals surface area contributed by atoms with Gasteiger partial charge in [0.25, 0.3) is 11.8 Å². The molecule has 0 saturated heterocycles. The fraction of sp³-hybridized carbons (Fsp3) is 0.393. The van der Waals surface area contributed by atoms with Crippen molar-refractivity contribution in [3.63, 3.8) is 0 Å². The molecule has 0 aromatic heterocycles. The third-order valence-corrected chi connectivity index (χ3v) is 7.09. The number of nitrogens with one attached hydrogen (secondary N) is 4. The van der Waals surface area contributed by atoms with Crippen LogP contribution >= 0.6 is 0 Å². The number of benzene rings is 2. The van der Waals surface area contributed by atoms with Crippen LogP contribution in [0.15, 0.2) is 48.5 Å². The van der Waals surface area contributed by atoms with Gasteiger partial charge >= 0.3 is 0 Å². The number of hydrogen-bond acceptors (Lipinski definition) is 6. The minimum atomic E-state index is -1.29. The Morgan fingerprint density at radius 3 is 2.16 bits per heavy atom. The van der Waals surface area contributed by atoms with Gasteiger partial charge in [-0.1, -0.05) is 18.3 Å². The molecule has 37 heavy (non-hydrogen) atoms. The molecule has 194 valence electrons. The van der Waals surface area contributed by atoms with E-state index in [1.54, 1.807) is 24.3 Å². The van der Waals surface area contributed by atoms with Crippen molar-refractivity contribution in [2.24, 2.45) is 11.8 Å². The smallest absolute Gasteiger partial charge is 0.268 e. The van der Waals surface area contributed by atoms with E-state index < -0.39 is 24.0 Å². The van der Waals surface area contributed by atoms with E-state index in [2.05, 4.69) is 27.8 Å². The van der Waals surface area contributed by atoms with Crippen LogP contribution in [0.4, 0.5) is 5.69 Å². The Hall–Kier alpha value is -3.71. The van der Waals surface area contributed by atoms with Gasteiger partial charge < -0.3 is 21.1 Å². The van der Waals surface area contributed by atoms with Crippen LogP contribution in [0.5, 0.6) is 0 Å². The van der Waals surface area contributed by atoms with E-state index >= 15 is 0 Å². The number of rotatable bonds is 8. The average Bonchev–Trinajstić information content (AvgIpc) is 3.53. The van der Waals surface area contributed by atoms with Gasteiger partial charge in [0.1, 0.15) is 6.04 Å². The molecule has 3 amide bonds. The van der Waals surface area contributed by atoms with E-state index in [9.17, 15) is 19.5 Å². The molecule has 2 saturated carbocycles. The number of hydroxylamine groups is 1. The Bertz CT molecular complexity index is 1180. The van der Waals surface area contributed by atoms with Crippen LogP contribution < -0.4 is 21.4 Å². The Morgan fingerprint density at radius 1 is 0.973 bits per heavy atom. The molecule has 9 nitrogen and oxygen atoms in total. The second-order valence-electron chi connectivity index (χ2n) is 9.78. The van der Waals surface area contributed by atoms with Gasteiger partial charge in [0.15, 0.2) is 0 Å². The molecule has 2 aromatic carbocycles. The number of aliphatic hydroxyl groups is 1. The van der Waals surface area contributed by atoms with Crippen molar-refractivity contribution < 1.29 is 24.7 Å². The topological polar surface area (TPSA) is 140 Å². The first-order valence-corrected chi connectivity index (χ1v) is 12.5. The zero-order valence-electron chi connectivity index (χ0n) is 20.7. The summed E-state index contributed by atoms with van der Waals surface area (Å²) in [6, 6.07) is 12.9. The molecule has 2 aliphatic carbocycles. The molecular formula is C28H32N4O5. The Kier molecular flexibility index (Phi) is 8.56. The number of amides is 3. The van der Waals surface area contributed by atoms with Crippen LogP contribution in [0, 0.1) is 23.7 Å². The van der Waals surface area contributed by atoms with Gasteiger partial charge in [0.2, 0.25) is 5.91 Å². The van der Waals surface area contributed by atoms with Gasteiger partial charge in [-0.15, -0.1) is 0 Å². The summed E-state index contributed by atoms with van der Waals surface area (Å²) >= 11 is 0. The summed E-state index contributed by atoms with van der Waals surface area (Å²) in [7, 11) is 0. The van der Waals surface area contributed by atoms with Crippen LogP contribution in [0.2, 0.25) is 0 Å². The Labute approximate surface area is 216 Å². The predicted molar refractivity (Wildman–Crippen MR) is 138 cm³/mol. The molecule has 6 N–H and O–H groups in total. The molecule has 0 radical (unpaired) electrons. The maximum Gasteiger partial charge on any atom is 0.268 e. The summed E-state index contributed by atoms with van der Waals surface area (Å²) in [4.78, 5) is 36.3. The van der Waals surface area contributed by atoms with Crippen LogP contribution in [0.3, 0.4) is 0 Å². The lowest BCUT2D eigenvalue weighted by atomic mass is 9.95. The van der Waals surface area contributed by atoms with Crippen molar-refractivity contribution in [2.75, 3.05) is 11.9 Å². The van der Waals surface area contributed by atoms with Crippen molar-refractivity contribution in [1.82, 2.24) is 16.1 Å². The van der Waals surface area contributed by atoms with E-state index in [1.165, 1.54) is 38.1 Å². The minimum Gasteiger partial charge on any atom is -0.391 e. The summed E-state index contributed by atoms with van der Waals surface area (Å²) in [5, 5.41) is 27.1. The minimum absolute atomic E-state index is 0.0532. The first-order valence-electron chi connectivity index (χ1n) is 12.5. The molecule has 2 fully saturated rings. The average molecular weight is 505 g/mol. The van der Waals surface area contributed by atoms with Crippen molar-refractivity contribution in [2.45, 2.75) is 50.8 Å². The SMILES string of the molecule is C[C@@H](O)[C@H](NC(=O)c1ccc(C#Cc2ccc(NC(=O)CN[C@@H]3CC4CC[C@@H]3C4)cc2)cc1)C(=O)NO. The third-order valence-electron chi connectivity index (χ3n) is 7.09. The molecular weight excluding hydrogens is 472 g/mol. The normalized spacial score (nSPS) is 21.3. The highest BCUT2D eigenvalue weighted by Crippen LogP contribution is 2.44. The van der Waals surface area contributed by atoms with Gasteiger partial charge in [-0.2, -0.15) is 0 Å². The van der Waals surface area contributed by atoms with Crippen molar-refractivity contribution in [1.29, 1.82) is 0 Å². The summed E-state index contributed by atoms with van der Waals surface area (Å²) in [6.45, 7) is 1.65. The number of carbonyl (C=O) groups is 3. The molecule has 2 bridgehead atoms. The van der Waals surface area contributed by atoms with Crippen LogP contribution in [0.1, 0.15) is 54.1 Å². The number of carbonyl (C=O) groups excluding carboxylic acids is 3. The molecule has 5 atom stereocenters. The molecule has 2 aromatic rings. The van der Waals surface area contributed by atoms with Gasteiger partial charge in [0.05, 0.1) is 12.6 Å². The maximum atomic E-state index is 12.4. The van der Waals surface area contributed by atoms with Gasteiger partial charge in [-0.25, -0.2) is 5.48 Å². The lowest BCUT2D eigenvalue weighted by molar-refractivity contribution is -0.133. The van der Waals surface area contributed by atoms with Gasteiger partial charge in [-0.3, -0.25) is 19.6 Å². The standard InChI is InChI=1S/C28H32N4O5/c1-17(33)26(28(36)32-37)31-27(35)21-9-4-18(5-10-21)2-3-19-7-12-23(13-8-19)30-25(34)16-29-24-15-20-6-11-22(24)14-20/h4-5,7-10,12-13,17,20,22,24,26,29,33,37H,6,11,14-16H2,1H3,(H,30,34)(H,31,35)(H,32,36)/t17-,20?,22-,24-,26+/m1/s1. The summed E-state index contributed by atoms with van der Waals surface area (Å²) in [5.74, 6) is 6.10. The second-order valence-corrected chi connectivity index (χ2v) is 9.78. The Morgan fingerprint density at radius 2 is 1.62 bits per heavy atom.